The molecular formula is C23H27NO6S. The molecule has 1 heterocycles. The summed E-state index contributed by atoms with van der Waals surface area (Å²) in [6, 6.07) is 17.4. The van der Waals surface area contributed by atoms with Crippen LogP contribution in [0.2, 0.25) is 0 Å². The van der Waals surface area contributed by atoms with Crippen LogP contribution in [-0.2, 0) is 30.7 Å². The Hall–Kier alpha value is -2.42. The molecule has 0 bridgehead atoms. The van der Waals surface area contributed by atoms with Crippen LogP contribution in [0, 0.1) is 5.92 Å². The summed E-state index contributed by atoms with van der Waals surface area (Å²) in [4.78, 5) is 12.7. The minimum absolute atomic E-state index is 0.102. The maximum Gasteiger partial charge on any atom is 0.407 e. The zero-order chi connectivity index (χ0) is 21.7. The molecule has 2 aliphatic rings. The maximum absolute atomic E-state index is 13.0. The summed E-state index contributed by atoms with van der Waals surface area (Å²) >= 11 is 0. The fourth-order valence-electron chi connectivity index (χ4n) is 4.30. The van der Waals surface area contributed by atoms with E-state index in [9.17, 15) is 13.2 Å². The molecule has 8 heteroatoms. The Morgan fingerprint density at radius 1 is 1.03 bits per heavy atom. The van der Waals surface area contributed by atoms with Crippen molar-refractivity contribution in [2.45, 2.75) is 42.6 Å². The summed E-state index contributed by atoms with van der Waals surface area (Å²) < 4.78 is 43.0. The van der Waals surface area contributed by atoms with E-state index in [0.717, 1.165) is 5.56 Å². The predicted octanol–water partition coefficient (Wildman–Crippen LogP) is 3.30. The summed E-state index contributed by atoms with van der Waals surface area (Å²) in [6.45, 7) is 1.15. The van der Waals surface area contributed by atoms with Gasteiger partial charge in [0.05, 0.1) is 23.9 Å². The third-order valence-corrected chi connectivity index (χ3v) is 7.70. The molecule has 0 unspecified atom stereocenters. The fraction of sp³-hybridized carbons (Fsp3) is 0.435. The highest BCUT2D eigenvalue weighted by atomic mass is 32.2. The van der Waals surface area contributed by atoms with Gasteiger partial charge in [0.25, 0.3) is 0 Å². The van der Waals surface area contributed by atoms with Gasteiger partial charge in [-0.2, -0.15) is 0 Å². The first-order valence-corrected chi connectivity index (χ1v) is 12.1. The van der Waals surface area contributed by atoms with Gasteiger partial charge in [0.1, 0.15) is 6.61 Å². The van der Waals surface area contributed by atoms with Crippen molar-refractivity contribution in [2.24, 2.45) is 5.92 Å². The van der Waals surface area contributed by atoms with E-state index in [1.54, 1.807) is 30.3 Å². The van der Waals surface area contributed by atoms with E-state index in [1.807, 2.05) is 30.3 Å². The molecule has 7 nitrogen and oxygen atoms in total. The number of alkyl carbamates (subject to hydrolysis) is 1. The van der Waals surface area contributed by atoms with E-state index < -0.39 is 21.7 Å². The van der Waals surface area contributed by atoms with Gasteiger partial charge in [0.15, 0.2) is 15.6 Å². The van der Waals surface area contributed by atoms with E-state index >= 15 is 0 Å². The van der Waals surface area contributed by atoms with Crippen molar-refractivity contribution in [3.05, 3.63) is 66.2 Å². The number of hydrogen-bond donors (Lipinski definition) is 1. The molecule has 1 N–H and O–H groups in total. The second-order valence-electron chi connectivity index (χ2n) is 8.02. The maximum atomic E-state index is 13.0. The molecule has 1 aliphatic heterocycles. The van der Waals surface area contributed by atoms with Gasteiger partial charge in [0, 0.05) is 18.9 Å². The smallest absolute Gasteiger partial charge is 0.407 e. The third kappa shape index (κ3) is 5.44. The van der Waals surface area contributed by atoms with Gasteiger partial charge in [-0.05, 0) is 30.0 Å². The number of rotatable bonds is 6. The molecule has 2 aromatic carbocycles. The van der Waals surface area contributed by atoms with Crippen LogP contribution in [0.15, 0.2) is 65.6 Å². The molecule has 0 aromatic heterocycles. The summed E-state index contributed by atoms with van der Waals surface area (Å²) in [5.74, 6) is -1.22. The normalized spacial score (nSPS) is 22.8. The Morgan fingerprint density at radius 2 is 1.68 bits per heavy atom. The van der Waals surface area contributed by atoms with Crippen molar-refractivity contribution in [3.63, 3.8) is 0 Å². The number of benzene rings is 2. The van der Waals surface area contributed by atoms with Crippen molar-refractivity contribution in [1.82, 2.24) is 5.32 Å². The highest BCUT2D eigenvalue weighted by molar-refractivity contribution is 7.91. The first-order valence-electron chi connectivity index (χ1n) is 10.5. The molecule has 1 saturated heterocycles. The number of sulfone groups is 1. The predicted molar refractivity (Wildman–Crippen MR) is 114 cm³/mol. The summed E-state index contributed by atoms with van der Waals surface area (Å²) in [5, 5.41) is 2.88. The van der Waals surface area contributed by atoms with Crippen molar-refractivity contribution in [3.8, 4) is 0 Å². The largest absolute Gasteiger partial charge is 0.445 e. The van der Waals surface area contributed by atoms with Crippen molar-refractivity contribution >= 4 is 15.9 Å². The molecule has 1 spiro atoms. The molecule has 1 saturated carbocycles. The highest BCUT2D eigenvalue weighted by Crippen LogP contribution is 2.40. The van der Waals surface area contributed by atoms with E-state index in [-0.39, 0.29) is 29.2 Å². The average Bonchev–Trinajstić information content (AvgIpc) is 3.23. The Bertz CT molecular complexity index is 974. The summed E-state index contributed by atoms with van der Waals surface area (Å²) in [5.41, 5.74) is 0.885. The van der Waals surface area contributed by atoms with Crippen LogP contribution >= 0.6 is 0 Å². The molecule has 0 radical (unpaired) electrons. The van der Waals surface area contributed by atoms with Crippen LogP contribution in [0.4, 0.5) is 4.79 Å². The van der Waals surface area contributed by atoms with Gasteiger partial charge in [-0.25, -0.2) is 13.2 Å². The van der Waals surface area contributed by atoms with E-state index in [2.05, 4.69) is 5.32 Å². The molecule has 1 amide bonds. The van der Waals surface area contributed by atoms with Gasteiger partial charge >= 0.3 is 6.09 Å². The molecule has 2 atom stereocenters. The molecular weight excluding hydrogens is 418 g/mol. The second kappa shape index (κ2) is 9.38. The lowest BCUT2D eigenvalue weighted by Gasteiger charge is -2.41. The Kier molecular flexibility index (Phi) is 6.60. The Balaban J connectivity index is 1.45. The van der Waals surface area contributed by atoms with E-state index in [0.29, 0.717) is 32.5 Å². The minimum Gasteiger partial charge on any atom is -0.445 e. The number of ether oxygens (including phenoxy) is 3. The fourth-order valence-corrected chi connectivity index (χ4v) is 5.98. The van der Waals surface area contributed by atoms with Crippen LogP contribution < -0.4 is 5.32 Å². The van der Waals surface area contributed by atoms with Crippen LogP contribution in [-0.4, -0.2) is 45.3 Å². The van der Waals surface area contributed by atoms with Crippen LogP contribution in [0.1, 0.15) is 24.8 Å². The summed E-state index contributed by atoms with van der Waals surface area (Å²) in [7, 11) is -3.53. The molecule has 4 rings (SSSR count). The van der Waals surface area contributed by atoms with Crippen molar-refractivity contribution < 1.29 is 27.4 Å². The van der Waals surface area contributed by atoms with Crippen LogP contribution in [0.5, 0.6) is 0 Å². The van der Waals surface area contributed by atoms with Crippen LogP contribution in [0.3, 0.4) is 0 Å². The average molecular weight is 446 g/mol. The molecule has 31 heavy (non-hydrogen) atoms. The van der Waals surface area contributed by atoms with E-state index in [4.69, 9.17) is 14.2 Å². The van der Waals surface area contributed by atoms with Crippen molar-refractivity contribution in [1.29, 1.82) is 0 Å². The van der Waals surface area contributed by atoms with Gasteiger partial charge in [-0.1, -0.05) is 48.5 Å². The highest BCUT2D eigenvalue weighted by Gasteiger charge is 2.46. The Labute approximate surface area is 182 Å². The lowest BCUT2D eigenvalue weighted by atomic mass is 9.81. The molecule has 1 aliphatic carbocycles. The lowest BCUT2D eigenvalue weighted by molar-refractivity contribution is -0.188. The summed E-state index contributed by atoms with van der Waals surface area (Å²) in [6.07, 6.45) is 0.997. The molecule has 2 aromatic rings. The third-order valence-electron chi connectivity index (χ3n) is 5.84. The monoisotopic (exact) mass is 445 g/mol. The van der Waals surface area contributed by atoms with Gasteiger partial charge in [-0.3, -0.25) is 0 Å². The zero-order valence-corrected chi connectivity index (χ0v) is 18.1. The number of nitrogens with one attached hydrogen (secondary N) is 1. The van der Waals surface area contributed by atoms with Gasteiger partial charge in [-0.15, -0.1) is 0 Å². The van der Waals surface area contributed by atoms with Gasteiger partial charge in [0.2, 0.25) is 0 Å². The van der Waals surface area contributed by atoms with Crippen molar-refractivity contribution in [2.75, 3.05) is 19.0 Å². The first-order chi connectivity index (χ1) is 15.0. The van der Waals surface area contributed by atoms with Crippen LogP contribution in [0.25, 0.3) is 0 Å². The number of hydrogen-bond acceptors (Lipinski definition) is 6. The van der Waals surface area contributed by atoms with E-state index in [1.165, 1.54) is 0 Å². The number of carbonyl (C=O) groups excluding carboxylic acids is 1. The minimum atomic E-state index is -3.53. The number of amides is 1. The topological polar surface area (TPSA) is 90.9 Å². The standard InChI is InChI=1S/C23H27NO6S/c25-22(28-16-18-7-3-1-4-8-18)24-21-11-12-23(29-13-14-30-23)15-19(21)17-31(26,27)20-9-5-2-6-10-20/h1-10,19,21H,11-17H2,(H,24,25)/t19-,21+/m1/s1. The zero-order valence-electron chi connectivity index (χ0n) is 17.2. The van der Waals surface area contributed by atoms with Gasteiger partial charge < -0.3 is 19.5 Å². The Morgan fingerprint density at radius 3 is 2.35 bits per heavy atom. The number of carbonyl (C=O) groups is 1. The quantitative estimate of drug-likeness (QED) is 0.734. The molecule has 2 fully saturated rings. The first kappa shape index (κ1) is 21.8. The lowest BCUT2D eigenvalue weighted by Crippen LogP contribution is -2.51. The SMILES string of the molecule is O=C(N[C@H]1CCC2(C[C@@H]1CS(=O)(=O)c1ccccc1)OCCO2)OCc1ccccc1. The molecule has 166 valence electrons. The second-order valence-corrected chi connectivity index (χ2v) is 10.1.